The predicted molar refractivity (Wildman–Crippen MR) is 68.8 cm³/mol. The van der Waals surface area contributed by atoms with Crippen LogP contribution < -0.4 is 10.6 Å². The summed E-state index contributed by atoms with van der Waals surface area (Å²) < 4.78 is 5.05. The second-order valence-electron chi connectivity index (χ2n) is 3.87. The number of hydrogen-bond acceptors (Lipinski definition) is 4. The van der Waals surface area contributed by atoms with Gasteiger partial charge in [-0.3, -0.25) is 0 Å². The van der Waals surface area contributed by atoms with E-state index in [0.29, 0.717) is 6.61 Å². The predicted octanol–water partition coefficient (Wildman–Crippen LogP) is 1.17. The number of hydrogen-bond donors (Lipinski definition) is 2. The zero-order valence-electron chi connectivity index (χ0n) is 10.5. The number of benzene rings is 1. The summed E-state index contributed by atoms with van der Waals surface area (Å²) in [6, 6.07) is 5.71. The van der Waals surface area contributed by atoms with Gasteiger partial charge < -0.3 is 20.6 Å². The molecule has 3 N–H and O–H groups in total. The fourth-order valence-electron chi connectivity index (χ4n) is 1.77. The van der Waals surface area contributed by atoms with Crippen molar-refractivity contribution in [1.82, 2.24) is 0 Å². The molecule has 0 aliphatic carbocycles. The van der Waals surface area contributed by atoms with Crippen LogP contribution in [0.2, 0.25) is 0 Å². The van der Waals surface area contributed by atoms with Crippen LogP contribution in [-0.4, -0.2) is 38.4 Å². The molecule has 1 aromatic rings. The van der Waals surface area contributed by atoms with E-state index in [1.807, 2.05) is 37.1 Å². The van der Waals surface area contributed by atoms with Crippen molar-refractivity contribution in [3.05, 3.63) is 29.3 Å². The van der Waals surface area contributed by atoms with Gasteiger partial charge in [0.25, 0.3) is 0 Å². The first kappa shape index (κ1) is 13.3. The minimum atomic E-state index is 0.118. The third-order valence-electron chi connectivity index (χ3n) is 2.63. The smallest absolute Gasteiger partial charge is 0.172 e. The molecule has 0 spiro atoms. The van der Waals surface area contributed by atoms with Gasteiger partial charge >= 0.3 is 0 Å². The Morgan fingerprint density at radius 3 is 2.82 bits per heavy atom. The van der Waals surface area contributed by atoms with Gasteiger partial charge in [0.05, 0.1) is 12.3 Å². The number of para-hydroxylation sites is 1. The second-order valence-corrected chi connectivity index (χ2v) is 3.87. The lowest BCUT2D eigenvalue weighted by molar-refractivity contribution is 0.206. The quantitative estimate of drug-likeness (QED) is 0.349. The van der Waals surface area contributed by atoms with E-state index in [1.165, 1.54) is 0 Å². The van der Waals surface area contributed by atoms with Crippen LogP contribution in [-0.2, 0) is 4.74 Å². The van der Waals surface area contributed by atoms with Crippen LogP contribution in [0.3, 0.4) is 0 Å². The van der Waals surface area contributed by atoms with Crippen molar-refractivity contribution in [3.8, 4) is 0 Å². The van der Waals surface area contributed by atoms with E-state index < -0.39 is 0 Å². The highest BCUT2D eigenvalue weighted by molar-refractivity contribution is 6.02. The summed E-state index contributed by atoms with van der Waals surface area (Å²) in [6.45, 7) is 3.36. The largest absolute Gasteiger partial charge is 0.409 e. The number of rotatable bonds is 5. The van der Waals surface area contributed by atoms with E-state index in [2.05, 4.69) is 5.16 Å². The monoisotopic (exact) mass is 237 g/mol. The maximum absolute atomic E-state index is 8.78. The van der Waals surface area contributed by atoms with Crippen molar-refractivity contribution in [2.45, 2.75) is 6.92 Å². The number of oxime groups is 1. The number of anilines is 1. The van der Waals surface area contributed by atoms with Crippen LogP contribution in [0.5, 0.6) is 0 Å². The summed E-state index contributed by atoms with van der Waals surface area (Å²) in [5.74, 6) is 0.118. The van der Waals surface area contributed by atoms with E-state index >= 15 is 0 Å². The highest BCUT2D eigenvalue weighted by atomic mass is 16.5. The highest BCUT2D eigenvalue weighted by Gasteiger charge is 2.13. The molecule has 0 atom stereocenters. The summed E-state index contributed by atoms with van der Waals surface area (Å²) in [7, 11) is 3.62. The maximum atomic E-state index is 8.78. The molecule has 0 heterocycles. The van der Waals surface area contributed by atoms with Crippen molar-refractivity contribution in [2.75, 3.05) is 32.2 Å². The molecular weight excluding hydrogens is 218 g/mol. The lowest BCUT2D eigenvalue weighted by Gasteiger charge is -2.23. The van der Waals surface area contributed by atoms with Gasteiger partial charge in [-0.05, 0) is 18.6 Å². The van der Waals surface area contributed by atoms with Gasteiger partial charge in [-0.2, -0.15) is 0 Å². The average Bonchev–Trinajstić information content (AvgIpc) is 2.34. The Kier molecular flexibility index (Phi) is 4.78. The molecule has 1 aromatic carbocycles. The summed E-state index contributed by atoms with van der Waals surface area (Å²) in [5.41, 5.74) is 8.44. The Labute approximate surface area is 101 Å². The lowest BCUT2D eigenvalue weighted by Crippen LogP contribution is -2.26. The zero-order valence-corrected chi connectivity index (χ0v) is 10.5. The summed E-state index contributed by atoms with van der Waals surface area (Å²) in [5, 5.41) is 11.8. The average molecular weight is 237 g/mol. The van der Waals surface area contributed by atoms with Crippen molar-refractivity contribution in [2.24, 2.45) is 10.9 Å². The first-order valence-corrected chi connectivity index (χ1v) is 5.39. The number of amidine groups is 1. The fraction of sp³-hybridized carbons (Fsp3) is 0.417. The van der Waals surface area contributed by atoms with Crippen LogP contribution in [0.4, 0.5) is 5.69 Å². The lowest BCUT2D eigenvalue weighted by atomic mass is 10.1. The van der Waals surface area contributed by atoms with E-state index in [-0.39, 0.29) is 5.84 Å². The SMILES string of the molecule is COCCN(C)c1c(C)cccc1/C(N)=N/O. The van der Waals surface area contributed by atoms with Crippen LogP contribution in [0.1, 0.15) is 11.1 Å². The topological polar surface area (TPSA) is 71.1 Å². The van der Waals surface area contributed by atoms with Gasteiger partial charge in [0, 0.05) is 26.3 Å². The minimum Gasteiger partial charge on any atom is -0.409 e. The number of likely N-dealkylation sites (N-methyl/N-ethyl adjacent to an activating group) is 1. The van der Waals surface area contributed by atoms with Gasteiger partial charge in [0.1, 0.15) is 0 Å². The molecular formula is C12H19N3O2. The normalized spacial score (nSPS) is 11.6. The Morgan fingerprint density at radius 2 is 2.24 bits per heavy atom. The van der Waals surface area contributed by atoms with Crippen LogP contribution in [0.15, 0.2) is 23.4 Å². The summed E-state index contributed by atoms with van der Waals surface area (Å²) >= 11 is 0. The Hall–Kier alpha value is -1.75. The van der Waals surface area contributed by atoms with Gasteiger partial charge in [-0.25, -0.2) is 0 Å². The van der Waals surface area contributed by atoms with Gasteiger partial charge in [0.2, 0.25) is 0 Å². The van der Waals surface area contributed by atoms with Crippen LogP contribution in [0, 0.1) is 6.92 Å². The summed E-state index contributed by atoms with van der Waals surface area (Å²) in [4.78, 5) is 2.03. The number of nitrogens with zero attached hydrogens (tertiary/aromatic N) is 2. The van der Waals surface area contributed by atoms with Gasteiger partial charge in [-0.15, -0.1) is 0 Å². The standard InChI is InChI=1S/C12H19N3O2/c1-9-5-4-6-10(12(13)14-16)11(9)15(2)7-8-17-3/h4-6,16H,7-8H2,1-3H3,(H2,13,14). The van der Waals surface area contributed by atoms with Crippen LogP contribution >= 0.6 is 0 Å². The van der Waals surface area contributed by atoms with Crippen LogP contribution in [0.25, 0.3) is 0 Å². The Morgan fingerprint density at radius 1 is 1.53 bits per heavy atom. The van der Waals surface area contributed by atoms with E-state index in [0.717, 1.165) is 23.4 Å². The number of nitrogens with two attached hydrogens (primary N) is 1. The number of aryl methyl sites for hydroxylation is 1. The fourth-order valence-corrected chi connectivity index (χ4v) is 1.77. The van der Waals surface area contributed by atoms with Crippen molar-refractivity contribution < 1.29 is 9.94 Å². The van der Waals surface area contributed by atoms with Crippen molar-refractivity contribution >= 4 is 11.5 Å². The molecule has 0 saturated carbocycles. The molecule has 0 aromatic heterocycles. The van der Waals surface area contributed by atoms with E-state index in [4.69, 9.17) is 15.7 Å². The molecule has 0 fully saturated rings. The minimum absolute atomic E-state index is 0.118. The molecule has 17 heavy (non-hydrogen) atoms. The number of ether oxygens (including phenoxy) is 1. The second kappa shape index (κ2) is 6.10. The zero-order chi connectivity index (χ0) is 12.8. The molecule has 0 amide bonds. The molecule has 0 saturated heterocycles. The molecule has 1 rings (SSSR count). The van der Waals surface area contributed by atoms with E-state index in [9.17, 15) is 0 Å². The molecule has 5 nitrogen and oxygen atoms in total. The molecule has 5 heteroatoms. The molecule has 94 valence electrons. The third kappa shape index (κ3) is 3.10. The third-order valence-corrected chi connectivity index (χ3v) is 2.63. The first-order valence-electron chi connectivity index (χ1n) is 5.39. The molecule has 0 bridgehead atoms. The molecule has 0 aliphatic heterocycles. The first-order chi connectivity index (χ1) is 8.11. The Balaban J connectivity index is 3.11. The van der Waals surface area contributed by atoms with E-state index in [1.54, 1.807) is 7.11 Å². The maximum Gasteiger partial charge on any atom is 0.172 e. The highest BCUT2D eigenvalue weighted by Crippen LogP contribution is 2.23. The van der Waals surface area contributed by atoms with Gasteiger partial charge in [0.15, 0.2) is 5.84 Å². The molecule has 0 aliphatic rings. The Bertz CT molecular complexity index is 405. The van der Waals surface area contributed by atoms with Crippen molar-refractivity contribution in [3.63, 3.8) is 0 Å². The van der Waals surface area contributed by atoms with Gasteiger partial charge in [-0.1, -0.05) is 17.3 Å². The van der Waals surface area contributed by atoms with Crippen molar-refractivity contribution in [1.29, 1.82) is 0 Å². The summed E-state index contributed by atoms with van der Waals surface area (Å²) in [6.07, 6.45) is 0. The molecule has 0 unspecified atom stereocenters. The molecule has 0 radical (unpaired) electrons. The number of methoxy groups -OCH3 is 1.